The van der Waals surface area contributed by atoms with E-state index in [-0.39, 0.29) is 17.1 Å². The maximum absolute atomic E-state index is 11.9. The number of nitrogen functional groups attached to an aromatic ring is 1. The first-order chi connectivity index (χ1) is 15.7. The SMILES string of the molecule is COc1cc(C=NNC(=O)CSc2nnc(N)s2)ccc1OCc1ccc(C(C)(C)C)cc1. The highest BCUT2D eigenvalue weighted by Crippen LogP contribution is 2.29. The van der Waals surface area contributed by atoms with Crippen molar-refractivity contribution < 1.29 is 14.3 Å². The summed E-state index contributed by atoms with van der Waals surface area (Å²) in [6.07, 6.45) is 1.54. The van der Waals surface area contributed by atoms with Crippen molar-refractivity contribution in [3.63, 3.8) is 0 Å². The normalized spacial score (nSPS) is 11.5. The second-order valence-electron chi connectivity index (χ2n) is 8.13. The Balaban J connectivity index is 1.52. The van der Waals surface area contributed by atoms with Crippen LogP contribution in [0.3, 0.4) is 0 Å². The Hall–Kier alpha value is -3.11. The number of hydrogen-bond donors (Lipinski definition) is 2. The molecule has 0 spiro atoms. The predicted octanol–water partition coefficient (Wildman–Crippen LogP) is 4.25. The number of rotatable bonds is 9. The molecule has 1 aromatic heterocycles. The number of carbonyl (C=O) groups is 1. The number of thioether (sulfide) groups is 1. The standard InChI is InChI=1S/C23H27N5O3S2/c1-23(2,3)17-8-5-15(6-9-17)13-31-18-10-7-16(11-19(18)30-4)12-25-26-20(29)14-32-22-28-27-21(24)33-22/h5-12H,13-14H2,1-4H3,(H2,24,27)(H,26,29). The molecule has 1 amide bonds. The molecule has 0 aliphatic heterocycles. The molecule has 0 saturated carbocycles. The van der Waals surface area contributed by atoms with Crippen molar-refractivity contribution >= 4 is 40.4 Å². The van der Waals surface area contributed by atoms with Crippen LogP contribution in [-0.2, 0) is 16.8 Å². The number of ether oxygens (including phenoxy) is 2. The van der Waals surface area contributed by atoms with Crippen LogP contribution in [-0.4, -0.2) is 35.2 Å². The van der Waals surface area contributed by atoms with Gasteiger partial charge in [0.1, 0.15) is 6.61 Å². The predicted molar refractivity (Wildman–Crippen MR) is 133 cm³/mol. The monoisotopic (exact) mass is 485 g/mol. The molecule has 8 nitrogen and oxygen atoms in total. The van der Waals surface area contributed by atoms with Crippen molar-refractivity contribution in [3.8, 4) is 11.5 Å². The molecule has 0 fully saturated rings. The van der Waals surface area contributed by atoms with Crippen LogP contribution in [0.5, 0.6) is 11.5 Å². The van der Waals surface area contributed by atoms with Crippen molar-refractivity contribution in [2.75, 3.05) is 18.6 Å². The van der Waals surface area contributed by atoms with E-state index in [1.807, 2.05) is 12.1 Å². The van der Waals surface area contributed by atoms with E-state index in [1.54, 1.807) is 19.4 Å². The fourth-order valence-corrected chi connectivity index (χ4v) is 4.19. The zero-order valence-corrected chi connectivity index (χ0v) is 20.6. The van der Waals surface area contributed by atoms with Gasteiger partial charge < -0.3 is 15.2 Å². The Labute approximate surface area is 201 Å². The molecule has 3 aromatic rings. The van der Waals surface area contributed by atoms with E-state index >= 15 is 0 Å². The van der Waals surface area contributed by atoms with Crippen LogP contribution in [0.25, 0.3) is 0 Å². The maximum Gasteiger partial charge on any atom is 0.250 e. The molecule has 3 N–H and O–H groups in total. The van der Waals surface area contributed by atoms with Crippen LogP contribution in [0.1, 0.15) is 37.5 Å². The van der Waals surface area contributed by atoms with Gasteiger partial charge in [-0.15, -0.1) is 10.2 Å². The second-order valence-corrected chi connectivity index (χ2v) is 10.4. The van der Waals surface area contributed by atoms with Gasteiger partial charge in [-0.1, -0.05) is 68.1 Å². The number of carbonyl (C=O) groups excluding carboxylic acids is 1. The van der Waals surface area contributed by atoms with Gasteiger partial charge in [0.2, 0.25) is 5.13 Å². The smallest absolute Gasteiger partial charge is 0.250 e. The average molecular weight is 486 g/mol. The summed E-state index contributed by atoms with van der Waals surface area (Å²) in [5.74, 6) is 1.13. The van der Waals surface area contributed by atoms with Crippen LogP contribution in [0.2, 0.25) is 0 Å². The lowest BCUT2D eigenvalue weighted by Gasteiger charge is -2.19. The van der Waals surface area contributed by atoms with Crippen molar-refractivity contribution in [2.24, 2.45) is 5.10 Å². The van der Waals surface area contributed by atoms with E-state index in [2.05, 4.69) is 65.8 Å². The van der Waals surface area contributed by atoms with Crippen LogP contribution in [0.4, 0.5) is 5.13 Å². The summed E-state index contributed by atoms with van der Waals surface area (Å²) in [7, 11) is 1.58. The summed E-state index contributed by atoms with van der Waals surface area (Å²) in [6, 6.07) is 13.9. The molecule has 0 radical (unpaired) electrons. The Kier molecular flexibility index (Phi) is 8.29. The van der Waals surface area contributed by atoms with E-state index in [4.69, 9.17) is 15.2 Å². The number of nitrogens with zero attached hydrogens (tertiary/aromatic N) is 3. The first-order valence-corrected chi connectivity index (χ1v) is 12.0. The zero-order chi connectivity index (χ0) is 23.8. The highest BCUT2D eigenvalue weighted by molar-refractivity contribution is 8.01. The lowest BCUT2D eigenvalue weighted by molar-refractivity contribution is -0.118. The number of aromatic nitrogens is 2. The minimum Gasteiger partial charge on any atom is -0.493 e. The summed E-state index contributed by atoms with van der Waals surface area (Å²) in [5.41, 5.74) is 11.2. The van der Waals surface area contributed by atoms with E-state index in [0.29, 0.717) is 27.6 Å². The van der Waals surface area contributed by atoms with Crippen molar-refractivity contribution in [3.05, 3.63) is 59.2 Å². The molecule has 10 heteroatoms. The number of amides is 1. The van der Waals surface area contributed by atoms with Gasteiger partial charge in [0.05, 0.1) is 19.1 Å². The number of benzene rings is 2. The molecule has 0 saturated heterocycles. The number of anilines is 1. The second kappa shape index (κ2) is 11.2. The summed E-state index contributed by atoms with van der Waals surface area (Å²) in [4.78, 5) is 11.9. The largest absolute Gasteiger partial charge is 0.493 e. The molecule has 1 heterocycles. The summed E-state index contributed by atoms with van der Waals surface area (Å²) < 4.78 is 12.0. The van der Waals surface area contributed by atoms with Crippen LogP contribution >= 0.6 is 23.1 Å². The Bertz CT molecular complexity index is 1110. The third kappa shape index (κ3) is 7.47. The molecule has 0 atom stereocenters. The maximum atomic E-state index is 11.9. The molecule has 0 bridgehead atoms. The minimum absolute atomic E-state index is 0.117. The number of nitrogens with two attached hydrogens (primary N) is 1. The molecule has 33 heavy (non-hydrogen) atoms. The van der Waals surface area contributed by atoms with E-state index in [0.717, 1.165) is 11.1 Å². The molecular weight excluding hydrogens is 458 g/mol. The number of methoxy groups -OCH3 is 1. The highest BCUT2D eigenvalue weighted by Gasteiger charge is 2.13. The summed E-state index contributed by atoms with van der Waals surface area (Å²) >= 11 is 2.49. The Morgan fingerprint density at radius 2 is 1.94 bits per heavy atom. The summed E-state index contributed by atoms with van der Waals surface area (Å²) in [6.45, 7) is 7.00. The molecule has 0 unspecified atom stereocenters. The van der Waals surface area contributed by atoms with Crippen molar-refractivity contribution in [1.82, 2.24) is 15.6 Å². The van der Waals surface area contributed by atoms with Gasteiger partial charge in [-0.25, -0.2) is 5.43 Å². The molecule has 0 aliphatic rings. The first-order valence-electron chi connectivity index (χ1n) is 10.2. The average Bonchev–Trinajstić information content (AvgIpc) is 3.21. The quantitative estimate of drug-likeness (QED) is 0.265. The molecule has 3 rings (SSSR count). The van der Waals surface area contributed by atoms with Crippen LogP contribution in [0.15, 0.2) is 51.9 Å². The van der Waals surface area contributed by atoms with Gasteiger partial charge in [0, 0.05) is 0 Å². The van der Waals surface area contributed by atoms with Gasteiger partial charge in [0.15, 0.2) is 15.8 Å². The third-order valence-corrected chi connectivity index (χ3v) is 6.44. The lowest BCUT2D eigenvalue weighted by Crippen LogP contribution is -2.19. The van der Waals surface area contributed by atoms with Gasteiger partial charge in [-0.05, 0) is 40.3 Å². The molecule has 2 aromatic carbocycles. The molecule has 174 valence electrons. The van der Waals surface area contributed by atoms with Crippen molar-refractivity contribution in [1.29, 1.82) is 0 Å². The van der Waals surface area contributed by atoms with Gasteiger partial charge >= 0.3 is 0 Å². The number of hydrogen-bond acceptors (Lipinski definition) is 9. The van der Waals surface area contributed by atoms with Crippen LogP contribution in [0, 0.1) is 0 Å². The Morgan fingerprint density at radius 1 is 1.18 bits per heavy atom. The highest BCUT2D eigenvalue weighted by atomic mass is 32.2. The topological polar surface area (TPSA) is 112 Å². The Morgan fingerprint density at radius 3 is 2.58 bits per heavy atom. The third-order valence-electron chi connectivity index (χ3n) is 4.55. The summed E-state index contributed by atoms with van der Waals surface area (Å²) in [5, 5.41) is 11.9. The van der Waals surface area contributed by atoms with E-state index in [1.165, 1.54) is 28.7 Å². The van der Waals surface area contributed by atoms with Gasteiger partial charge in [0.25, 0.3) is 5.91 Å². The minimum atomic E-state index is -0.255. The van der Waals surface area contributed by atoms with Crippen LogP contribution < -0.4 is 20.6 Å². The lowest BCUT2D eigenvalue weighted by atomic mass is 9.87. The van der Waals surface area contributed by atoms with Gasteiger partial charge in [-0.2, -0.15) is 5.10 Å². The van der Waals surface area contributed by atoms with E-state index < -0.39 is 0 Å². The number of hydrazone groups is 1. The fourth-order valence-electron chi connectivity index (χ4n) is 2.76. The first kappa shape index (κ1) is 24.5. The molecule has 0 aliphatic carbocycles. The van der Waals surface area contributed by atoms with Gasteiger partial charge in [-0.3, -0.25) is 4.79 Å². The van der Waals surface area contributed by atoms with E-state index in [9.17, 15) is 4.79 Å². The molecular formula is C23H27N5O3S2. The van der Waals surface area contributed by atoms with Crippen molar-refractivity contribution in [2.45, 2.75) is 37.1 Å². The fraction of sp³-hybridized carbons (Fsp3) is 0.304. The number of nitrogens with one attached hydrogen (secondary N) is 1. The zero-order valence-electron chi connectivity index (χ0n) is 19.0.